The van der Waals surface area contributed by atoms with Gasteiger partial charge in [-0.3, -0.25) is 0 Å². The third-order valence-corrected chi connectivity index (χ3v) is 3.17. The fraction of sp³-hybridized carbons (Fsp3) is 0.231. The molecule has 0 spiro atoms. The summed E-state index contributed by atoms with van der Waals surface area (Å²) in [6.45, 7) is 0. The lowest BCUT2D eigenvalue weighted by molar-refractivity contribution is 0.424. The van der Waals surface area contributed by atoms with E-state index in [0.29, 0.717) is 11.0 Å². The van der Waals surface area contributed by atoms with Crippen molar-refractivity contribution >= 4 is 28.9 Å². The molecule has 3 rings (SSSR count). The number of aryl methyl sites for hydroxylation is 1. The minimum atomic E-state index is 0.520. The van der Waals surface area contributed by atoms with Crippen molar-refractivity contribution < 1.29 is 4.52 Å². The van der Waals surface area contributed by atoms with Gasteiger partial charge in [-0.1, -0.05) is 23.4 Å². The van der Waals surface area contributed by atoms with E-state index in [4.69, 9.17) is 16.7 Å². The molecule has 1 aliphatic carbocycles. The van der Waals surface area contributed by atoms with E-state index in [2.05, 4.69) is 15.8 Å². The molecule has 0 fully saturated rings. The van der Waals surface area contributed by atoms with Crippen LogP contribution in [-0.4, -0.2) is 10.3 Å². The summed E-state index contributed by atoms with van der Waals surface area (Å²) >= 11 is 5.25. The van der Waals surface area contributed by atoms with Gasteiger partial charge in [0, 0.05) is 11.3 Å². The Bertz CT molecular complexity index is 565. The molecule has 0 atom stereocenters. The first kappa shape index (κ1) is 11.2. The minimum Gasteiger partial charge on any atom is -0.338 e. The Morgan fingerprint density at radius 2 is 2.00 bits per heavy atom. The van der Waals surface area contributed by atoms with Gasteiger partial charge in [0.25, 0.3) is 0 Å². The molecule has 0 amide bonds. The zero-order valence-electron chi connectivity index (χ0n) is 9.77. The number of anilines is 2. The van der Waals surface area contributed by atoms with E-state index >= 15 is 0 Å². The number of rotatable bonds is 2. The normalized spacial score (nSPS) is 13.1. The highest BCUT2D eigenvalue weighted by atomic mass is 32.1. The van der Waals surface area contributed by atoms with E-state index in [1.54, 1.807) is 0 Å². The lowest BCUT2D eigenvalue weighted by Crippen LogP contribution is -2.19. The second-order valence-corrected chi connectivity index (χ2v) is 4.64. The van der Waals surface area contributed by atoms with Gasteiger partial charge >= 0.3 is 0 Å². The first-order valence-corrected chi connectivity index (χ1v) is 6.34. The maximum Gasteiger partial charge on any atom is 0.234 e. The second-order valence-electron chi connectivity index (χ2n) is 4.24. The van der Waals surface area contributed by atoms with E-state index < -0.39 is 0 Å². The molecule has 0 bridgehead atoms. The van der Waals surface area contributed by atoms with Crippen LogP contribution in [0.15, 0.2) is 34.9 Å². The number of nitrogens with zero attached hydrogens (tertiary/aromatic N) is 1. The number of fused-ring (bicyclic) bond motifs is 1. The molecule has 0 saturated heterocycles. The summed E-state index contributed by atoms with van der Waals surface area (Å²) in [6, 6.07) is 9.79. The molecule has 1 heterocycles. The van der Waals surface area contributed by atoms with Crippen molar-refractivity contribution in [2.24, 2.45) is 0 Å². The zero-order valence-corrected chi connectivity index (χ0v) is 10.6. The van der Waals surface area contributed by atoms with Crippen LogP contribution in [0.4, 0.5) is 11.6 Å². The third kappa shape index (κ3) is 2.22. The predicted octanol–water partition coefficient (Wildman–Crippen LogP) is 2.97. The number of para-hydroxylation sites is 1. The Balaban J connectivity index is 1.68. The standard InChI is InChI=1S/C13H13N3OS/c18-13(14-9-5-2-1-3-6-9)15-12-10-7-4-8-11(10)16-17-12/h1-3,5-6H,4,7-8H2,(H2,14,15,18). The van der Waals surface area contributed by atoms with Gasteiger partial charge in [0.15, 0.2) is 5.11 Å². The van der Waals surface area contributed by atoms with Crippen LogP contribution in [0.5, 0.6) is 0 Å². The highest BCUT2D eigenvalue weighted by molar-refractivity contribution is 7.80. The predicted molar refractivity (Wildman–Crippen MR) is 74.8 cm³/mol. The quantitative estimate of drug-likeness (QED) is 0.812. The van der Waals surface area contributed by atoms with Crippen LogP contribution in [-0.2, 0) is 12.8 Å². The fourth-order valence-corrected chi connectivity index (χ4v) is 2.32. The maximum atomic E-state index is 5.26. The molecule has 1 aromatic heterocycles. The number of hydrogen-bond acceptors (Lipinski definition) is 3. The molecule has 2 aromatic rings. The molecular weight excluding hydrogens is 246 g/mol. The van der Waals surface area contributed by atoms with Crippen LogP contribution in [0.1, 0.15) is 17.7 Å². The molecule has 0 aliphatic heterocycles. The molecule has 0 saturated carbocycles. The summed E-state index contributed by atoms with van der Waals surface area (Å²) in [7, 11) is 0. The van der Waals surface area contributed by atoms with Crippen molar-refractivity contribution in [2.75, 3.05) is 10.6 Å². The largest absolute Gasteiger partial charge is 0.338 e. The number of benzene rings is 1. The lowest BCUT2D eigenvalue weighted by Gasteiger charge is -2.08. The molecule has 92 valence electrons. The molecule has 1 aromatic carbocycles. The fourth-order valence-electron chi connectivity index (χ4n) is 2.11. The van der Waals surface area contributed by atoms with Crippen LogP contribution in [0.2, 0.25) is 0 Å². The number of aromatic nitrogens is 1. The molecule has 1 aliphatic rings. The highest BCUT2D eigenvalue weighted by Crippen LogP contribution is 2.28. The Morgan fingerprint density at radius 1 is 1.17 bits per heavy atom. The van der Waals surface area contributed by atoms with Crippen LogP contribution in [0.25, 0.3) is 0 Å². The van der Waals surface area contributed by atoms with E-state index in [9.17, 15) is 0 Å². The molecule has 0 unspecified atom stereocenters. The van der Waals surface area contributed by atoms with Crippen molar-refractivity contribution in [3.8, 4) is 0 Å². The molecule has 0 radical (unpaired) electrons. The van der Waals surface area contributed by atoms with Gasteiger partial charge in [0.2, 0.25) is 5.88 Å². The Morgan fingerprint density at radius 3 is 2.83 bits per heavy atom. The van der Waals surface area contributed by atoms with Crippen molar-refractivity contribution in [3.63, 3.8) is 0 Å². The van der Waals surface area contributed by atoms with Gasteiger partial charge in [-0.2, -0.15) is 0 Å². The Labute approximate surface area is 110 Å². The molecular formula is C13H13N3OS. The number of nitrogens with one attached hydrogen (secondary N) is 2. The number of hydrogen-bond donors (Lipinski definition) is 2. The Kier molecular flexibility index (Phi) is 2.98. The van der Waals surface area contributed by atoms with Crippen LogP contribution in [0.3, 0.4) is 0 Å². The molecule has 18 heavy (non-hydrogen) atoms. The van der Waals surface area contributed by atoms with Crippen LogP contribution >= 0.6 is 12.2 Å². The first-order chi connectivity index (χ1) is 8.83. The molecule has 2 N–H and O–H groups in total. The van der Waals surface area contributed by atoms with E-state index in [-0.39, 0.29) is 0 Å². The van der Waals surface area contributed by atoms with Gasteiger partial charge < -0.3 is 15.2 Å². The van der Waals surface area contributed by atoms with Crippen molar-refractivity contribution in [3.05, 3.63) is 41.6 Å². The van der Waals surface area contributed by atoms with E-state index in [1.165, 1.54) is 0 Å². The first-order valence-electron chi connectivity index (χ1n) is 5.93. The monoisotopic (exact) mass is 259 g/mol. The summed E-state index contributed by atoms with van der Waals surface area (Å²) in [4.78, 5) is 0. The van der Waals surface area contributed by atoms with Crippen LogP contribution < -0.4 is 10.6 Å². The zero-order chi connectivity index (χ0) is 12.4. The lowest BCUT2D eigenvalue weighted by atomic mass is 10.3. The van der Waals surface area contributed by atoms with Crippen molar-refractivity contribution in [2.45, 2.75) is 19.3 Å². The van der Waals surface area contributed by atoms with Crippen LogP contribution in [0, 0.1) is 0 Å². The maximum absolute atomic E-state index is 5.26. The average Bonchev–Trinajstić information content (AvgIpc) is 2.95. The molecule has 4 nitrogen and oxygen atoms in total. The minimum absolute atomic E-state index is 0.520. The summed E-state index contributed by atoms with van der Waals surface area (Å²) < 4.78 is 5.26. The average molecular weight is 259 g/mol. The topological polar surface area (TPSA) is 50.1 Å². The summed E-state index contributed by atoms with van der Waals surface area (Å²) in [5.74, 6) is 0.677. The number of thiocarbonyl (C=S) groups is 1. The van der Waals surface area contributed by atoms with Gasteiger partial charge in [-0.15, -0.1) is 0 Å². The van der Waals surface area contributed by atoms with E-state index in [0.717, 1.165) is 36.2 Å². The van der Waals surface area contributed by atoms with Gasteiger partial charge in [-0.25, -0.2) is 0 Å². The molecule has 5 heteroatoms. The van der Waals surface area contributed by atoms with E-state index in [1.807, 2.05) is 30.3 Å². The van der Waals surface area contributed by atoms with Gasteiger partial charge in [0.1, 0.15) is 0 Å². The van der Waals surface area contributed by atoms with Gasteiger partial charge in [0.05, 0.1) is 5.69 Å². The Hall–Kier alpha value is -1.88. The summed E-state index contributed by atoms with van der Waals surface area (Å²) in [5.41, 5.74) is 3.17. The smallest absolute Gasteiger partial charge is 0.234 e. The van der Waals surface area contributed by atoms with Gasteiger partial charge in [-0.05, 0) is 43.6 Å². The summed E-state index contributed by atoms with van der Waals surface area (Å²) in [5, 5.41) is 10.7. The van der Waals surface area contributed by atoms with Crippen molar-refractivity contribution in [1.82, 2.24) is 5.16 Å². The highest BCUT2D eigenvalue weighted by Gasteiger charge is 2.21. The third-order valence-electron chi connectivity index (χ3n) is 2.97. The second kappa shape index (κ2) is 4.78. The van der Waals surface area contributed by atoms with Crippen molar-refractivity contribution in [1.29, 1.82) is 0 Å². The SMILES string of the molecule is S=C(Nc1ccccc1)Nc1onc2c1CCC2. The summed E-state index contributed by atoms with van der Waals surface area (Å²) in [6.07, 6.45) is 3.15.